The van der Waals surface area contributed by atoms with Gasteiger partial charge in [-0.2, -0.15) is 17.0 Å². The number of hydrogen-bond donors (Lipinski definition) is 3. The highest BCUT2D eigenvalue weighted by atomic mass is 32.2. The predicted octanol–water partition coefficient (Wildman–Crippen LogP) is 3.21. The Labute approximate surface area is 263 Å². The molecule has 11 heteroatoms. The Morgan fingerprint density at radius 2 is 1.66 bits per heavy atom. The Morgan fingerprint density at radius 1 is 1.00 bits per heavy atom. The second-order valence-corrected chi connectivity index (χ2v) is 11.8. The largest absolute Gasteiger partial charge is 0.480 e. The van der Waals surface area contributed by atoms with Crippen molar-refractivity contribution in [2.24, 2.45) is 11.8 Å². The van der Waals surface area contributed by atoms with Crippen LogP contribution in [0.15, 0.2) is 67.1 Å². The van der Waals surface area contributed by atoms with E-state index in [1.54, 1.807) is 24.7 Å². The molecule has 2 heterocycles. The quantitative estimate of drug-likeness (QED) is 0.265. The maximum absolute atomic E-state index is 13.2. The molecule has 234 valence electrons. The lowest BCUT2D eigenvalue weighted by Gasteiger charge is -2.36. The molecule has 0 radical (unpaired) electrons. The average Bonchev–Trinajstić information content (AvgIpc) is 3.49. The fraction of sp³-hybridized carbons (Fsp3) is 0.424. The zero-order chi connectivity index (χ0) is 31.7. The number of nitrogens with zero attached hydrogens (tertiary/aromatic N) is 4. The normalized spacial score (nSPS) is 16.2. The van der Waals surface area contributed by atoms with E-state index < -0.39 is 18.4 Å². The van der Waals surface area contributed by atoms with E-state index in [-0.39, 0.29) is 17.7 Å². The minimum atomic E-state index is -1.10. The first kappa shape index (κ1) is 34.4. The highest BCUT2D eigenvalue weighted by Crippen LogP contribution is 2.23. The molecule has 2 aromatic carbocycles. The molecule has 1 aliphatic rings. The third-order valence-corrected chi connectivity index (χ3v) is 8.02. The number of nitrogens with one attached hydrogen (secondary N) is 2. The van der Waals surface area contributed by atoms with Crippen molar-refractivity contribution in [3.05, 3.63) is 89.5 Å². The number of piperidine rings is 1. The van der Waals surface area contributed by atoms with E-state index in [1.165, 1.54) is 11.3 Å². The number of carboxylic acids is 1. The van der Waals surface area contributed by atoms with Gasteiger partial charge in [0.2, 0.25) is 11.8 Å². The van der Waals surface area contributed by atoms with E-state index in [0.717, 1.165) is 17.7 Å². The number of aromatic nitrogens is 2. The number of imidazole rings is 1. The van der Waals surface area contributed by atoms with Crippen LogP contribution in [0, 0.1) is 23.2 Å². The van der Waals surface area contributed by atoms with Crippen molar-refractivity contribution >= 4 is 29.5 Å². The summed E-state index contributed by atoms with van der Waals surface area (Å²) in [5.41, 5.74) is 3.81. The van der Waals surface area contributed by atoms with E-state index in [1.807, 2.05) is 46.7 Å². The maximum Gasteiger partial charge on any atom is 0.322 e. The first-order valence-electron chi connectivity index (χ1n) is 14.8. The van der Waals surface area contributed by atoms with E-state index in [9.17, 15) is 14.4 Å². The molecule has 44 heavy (non-hydrogen) atoms. The predicted molar refractivity (Wildman–Crippen MR) is 172 cm³/mol. The number of amides is 2. The number of carboxylic acid groups (broad SMARTS) is 1. The van der Waals surface area contributed by atoms with Crippen molar-refractivity contribution in [1.82, 2.24) is 25.1 Å². The van der Waals surface area contributed by atoms with Crippen molar-refractivity contribution in [1.29, 1.82) is 5.26 Å². The Kier molecular flexibility index (Phi) is 14.4. The Bertz CT molecular complexity index is 1370. The van der Waals surface area contributed by atoms with Crippen molar-refractivity contribution in [3.8, 4) is 6.07 Å². The fourth-order valence-electron chi connectivity index (χ4n) is 5.03. The number of rotatable bonds is 13. The van der Waals surface area contributed by atoms with Crippen molar-refractivity contribution in [3.63, 3.8) is 0 Å². The van der Waals surface area contributed by atoms with Gasteiger partial charge in [0.25, 0.3) is 0 Å². The van der Waals surface area contributed by atoms with Gasteiger partial charge in [0.1, 0.15) is 6.54 Å². The highest BCUT2D eigenvalue weighted by molar-refractivity contribution is 7.98. The van der Waals surface area contributed by atoms with E-state index in [0.29, 0.717) is 51.1 Å². The molecule has 2 amide bonds. The number of nitriles is 1. The number of likely N-dealkylation sites (tertiary alicyclic amines) is 1. The zero-order valence-corrected chi connectivity index (χ0v) is 26.3. The Morgan fingerprint density at radius 3 is 2.27 bits per heavy atom. The summed E-state index contributed by atoms with van der Waals surface area (Å²) in [6.45, 7) is 4.46. The molecule has 1 aliphatic heterocycles. The molecule has 1 saturated heterocycles. The summed E-state index contributed by atoms with van der Waals surface area (Å²) in [6.07, 6.45) is 7.39. The molecule has 2 atom stereocenters. The van der Waals surface area contributed by atoms with Gasteiger partial charge in [0.15, 0.2) is 0 Å². The van der Waals surface area contributed by atoms with Crippen LogP contribution in [0.5, 0.6) is 0 Å². The van der Waals surface area contributed by atoms with Crippen LogP contribution in [0.1, 0.15) is 35.7 Å². The topological polar surface area (TPSA) is 140 Å². The van der Waals surface area contributed by atoms with Gasteiger partial charge in [0, 0.05) is 51.0 Å². The fourth-order valence-corrected chi connectivity index (χ4v) is 5.03. The standard InChI is InChI=1S/C30H34N6O4.C3H8S/c31-15-23-6-8-24(9-7-23)18-36-21-32-16-27(36)10-12-33-29(39)25-14-26(30(40)34-17-28(37)38)20-35(19-25)13-11-22-4-2-1-3-5-22;1-3-4-2/h1-9,16,21,25-26H,10-14,17-20H2,(H,33,39)(H,34,40)(H,37,38);3H2,1-2H3/t25-,26?;/m1./s1. The molecule has 3 aromatic rings. The molecule has 0 bridgehead atoms. The molecule has 0 spiro atoms. The van der Waals surface area contributed by atoms with E-state index in [2.05, 4.69) is 51.9 Å². The lowest BCUT2D eigenvalue weighted by atomic mass is 9.87. The van der Waals surface area contributed by atoms with Gasteiger partial charge in [-0.1, -0.05) is 49.4 Å². The summed E-state index contributed by atoms with van der Waals surface area (Å²) < 4.78 is 2.02. The summed E-state index contributed by atoms with van der Waals surface area (Å²) in [5, 5.41) is 23.5. The van der Waals surface area contributed by atoms with Crippen LogP contribution in [0.25, 0.3) is 0 Å². The maximum atomic E-state index is 13.2. The molecule has 0 saturated carbocycles. The van der Waals surface area contributed by atoms with E-state index in [4.69, 9.17) is 10.4 Å². The Balaban J connectivity index is 0.00000124. The summed E-state index contributed by atoms with van der Waals surface area (Å²) in [4.78, 5) is 43.3. The molecule has 4 rings (SSSR count). The second-order valence-electron chi connectivity index (χ2n) is 10.7. The number of aliphatic carboxylic acids is 1. The number of carbonyl (C=O) groups excluding carboxylic acids is 2. The lowest BCUT2D eigenvalue weighted by Crippen LogP contribution is -2.51. The molecule has 1 aromatic heterocycles. The first-order chi connectivity index (χ1) is 21.3. The van der Waals surface area contributed by atoms with Crippen LogP contribution in [-0.2, 0) is 33.8 Å². The summed E-state index contributed by atoms with van der Waals surface area (Å²) in [5.74, 6) is -1.16. The van der Waals surface area contributed by atoms with Gasteiger partial charge < -0.3 is 25.2 Å². The zero-order valence-electron chi connectivity index (χ0n) is 25.4. The second kappa shape index (κ2) is 18.5. The first-order valence-corrected chi connectivity index (χ1v) is 16.2. The van der Waals surface area contributed by atoms with Gasteiger partial charge in [-0.25, -0.2) is 4.98 Å². The SMILES string of the molecule is CCSC.N#Cc1ccc(Cn2cncc2CCNC(=O)[C@@H]2CC(C(=O)NCC(=O)O)CN(CCc3ccccc3)C2)cc1. The monoisotopic (exact) mass is 618 g/mol. The molecule has 0 aliphatic carbocycles. The third kappa shape index (κ3) is 11.5. The van der Waals surface area contributed by atoms with Crippen LogP contribution < -0.4 is 10.6 Å². The van der Waals surface area contributed by atoms with Gasteiger partial charge in [0.05, 0.1) is 29.8 Å². The van der Waals surface area contributed by atoms with Crippen LogP contribution in [0.3, 0.4) is 0 Å². The highest BCUT2D eigenvalue weighted by Gasteiger charge is 2.35. The minimum absolute atomic E-state index is 0.112. The number of thioether (sulfide) groups is 1. The average molecular weight is 619 g/mol. The minimum Gasteiger partial charge on any atom is -0.480 e. The molecule has 1 unspecified atom stereocenters. The molecule has 3 N–H and O–H groups in total. The molecule has 1 fully saturated rings. The molecular formula is C33H42N6O4S. The third-order valence-electron chi connectivity index (χ3n) is 7.44. The number of benzene rings is 2. The number of hydrogen-bond acceptors (Lipinski definition) is 7. The van der Waals surface area contributed by atoms with Gasteiger partial charge in [-0.05, 0) is 48.1 Å². The summed E-state index contributed by atoms with van der Waals surface area (Å²) in [7, 11) is 0. The lowest BCUT2D eigenvalue weighted by molar-refractivity contribution is -0.139. The van der Waals surface area contributed by atoms with Crippen LogP contribution in [0.4, 0.5) is 0 Å². The van der Waals surface area contributed by atoms with Crippen LogP contribution >= 0.6 is 11.8 Å². The van der Waals surface area contributed by atoms with Crippen molar-refractivity contribution in [2.45, 2.75) is 32.7 Å². The summed E-state index contributed by atoms with van der Waals surface area (Å²) >= 11 is 1.86. The van der Waals surface area contributed by atoms with Crippen molar-refractivity contribution < 1.29 is 19.5 Å². The van der Waals surface area contributed by atoms with Gasteiger partial charge >= 0.3 is 5.97 Å². The van der Waals surface area contributed by atoms with E-state index >= 15 is 0 Å². The summed E-state index contributed by atoms with van der Waals surface area (Å²) in [6, 6.07) is 19.6. The molecule has 10 nitrogen and oxygen atoms in total. The van der Waals surface area contributed by atoms with Gasteiger partial charge in [-0.3, -0.25) is 14.4 Å². The van der Waals surface area contributed by atoms with Crippen LogP contribution in [-0.4, -0.2) is 82.1 Å². The number of carbonyl (C=O) groups is 3. The van der Waals surface area contributed by atoms with Gasteiger partial charge in [-0.15, -0.1) is 0 Å². The van der Waals surface area contributed by atoms with Crippen molar-refractivity contribution in [2.75, 3.05) is 44.7 Å². The van der Waals surface area contributed by atoms with Crippen LogP contribution in [0.2, 0.25) is 0 Å². The Hall–Kier alpha value is -4.14. The smallest absolute Gasteiger partial charge is 0.322 e. The molecular weight excluding hydrogens is 576 g/mol.